The Kier molecular flexibility index (Phi) is 4.13. The molecule has 0 aliphatic carbocycles. The summed E-state index contributed by atoms with van der Waals surface area (Å²) in [6.07, 6.45) is 2.88. The normalized spacial score (nSPS) is 15.0. The molecular weight excluding hydrogens is 292 g/mol. The molecule has 0 spiro atoms. The van der Waals surface area contributed by atoms with E-state index in [0.717, 1.165) is 18.8 Å². The van der Waals surface area contributed by atoms with E-state index in [1.54, 1.807) is 12.1 Å². The van der Waals surface area contributed by atoms with E-state index < -0.39 is 0 Å². The fourth-order valence-corrected chi connectivity index (χ4v) is 2.45. The third-order valence-electron chi connectivity index (χ3n) is 3.34. The molecule has 6 heteroatoms. The van der Waals surface area contributed by atoms with Crippen molar-refractivity contribution in [3.05, 3.63) is 47.4 Å². The van der Waals surface area contributed by atoms with Crippen LogP contribution >= 0.6 is 11.6 Å². The molecule has 1 aliphatic heterocycles. The van der Waals surface area contributed by atoms with Gasteiger partial charge in [-0.15, -0.1) is 0 Å². The predicted molar refractivity (Wildman–Crippen MR) is 81.1 cm³/mol. The van der Waals surface area contributed by atoms with Gasteiger partial charge in [-0.05, 0) is 24.3 Å². The molecule has 0 radical (unpaired) electrons. The standard InChI is InChI=1S/C15H15ClN2O3/c16-12-1-2-14(18-4-7-20-8-5-18)13(9-12)17-15(19)11-3-6-21-10-11/h1-3,6,9-10H,4-5,7-8H2,(H,17,19). The van der Waals surface area contributed by atoms with Crippen LogP contribution < -0.4 is 10.2 Å². The molecule has 1 aromatic heterocycles. The van der Waals surface area contributed by atoms with Crippen LogP contribution in [0.1, 0.15) is 10.4 Å². The van der Waals surface area contributed by atoms with Gasteiger partial charge in [0.05, 0.1) is 36.4 Å². The van der Waals surface area contributed by atoms with Gasteiger partial charge in [0.25, 0.3) is 5.91 Å². The van der Waals surface area contributed by atoms with Crippen molar-refractivity contribution in [3.63, 3.8) is 0 Å². The fourth-order valence-electron chi connectivity index (χ4n) is 2.28. The van der Waals surface area contributed by atoms with Crippen LogP contribution in [-0.4, -0.2) is 32.2 Å². The molecule has 21 heavy (non-hydrogen) atoms. The van der Waals surface area contributed by atoms with Crippen molar-refractivity contribution in [3.8, 4) is 0 Å². The van der Waals surface area contributed by atoms with E-state index >= 15 is 0 Å². The maximum Gasteiger partial charge on any atom is 0.258 e. The van der Waals surface area contributed by atoms with Crippen molar-refractivity contribution in [2.75, 3.05) is 36.5 Å². The predicted octanol–water partition coefficient (Wildman–Crippen LogP) is 3.02. The number of nitrogens with zero attached hydrogens (tertiary/aromatic N) is 1. The summed E-state index contributed by atoms with van der Waals surface area (Å²) in [6, 6.07) is 7.11. The van der Waals surface area contributed by atoms with E-state index in [2.05, 4.69) is 10.2 Å². The number of benzene rings is 1. The van der Waals surface area contributed by atoms with Gasteiger partial charge in [-0.2, -0.15) is 0 Å². The lowest BCUT2D eigenvalue weighted by molar-refractivity contribution is 0.102. The first kappa shape index (κ1) is 14.0. The number of morpholine rings is 1. The first-order valence-corrected chi connectivity index (χ1v) is 7.07. The van der Waals surface area contributed by atoms with Gasteiger partial charge in [-0.25, -0.2) is 0 Å². The first-order valence-electron chi connectivity index (χ1n) is 6.70. The van der Waals surface area contributed by atoms with Crippen molar-refractivity contribution >= 4 is 28.9 Å². The van der Waals surface area contributed by atoms with Crippen molar-refractivity contribution in [1.82, 2.24) is 0 Å². The molecule has 0 bridgehead atoms. The Balaban J connectivity index is 1.85. The molecule has 1 amide bonds. The highest BCUT2D eigenvalue weighted by molar-refractivity contribution is 6.31. The van der Waals surface area contributed by atoms with Crippen LogP contribution in [0.15, 0.2) is 41.2 Å². The van der Waals surface area contributed by atoms with E-state index in [-0.39, 0.29) is 5.91 Å². The lowest BCUT2D eigenvalue weighted by Crippen LogP contribution is -2.36. The molecule has 2 heterocycles. The molecule has 1 fully saturated rings. The van der Waals surface area contributed by atoms with Crippen LogP contribution in [0, 0.1) is 0 Å². The number of carbonyl (C=O) groups is 1. The number of hydrogen-bond acceptors (Lipinski definition) is 4. The maximum atomic E-state index is 12.2. The molecular formula is C15H15ClN2O3. The molecule has 0 unspecified atom stereocenters. The molecule has 0 atom stereocenters. The zero-order chi connectivity index (χ0) is 14.7. The number of amides is 1. The van der Waals surface area contributed by atoms with Gasteiger partial charge in [0, 0.05) is 18.1 Å². The lowest BCUT2D eigenvalue weighted by Gasteiger charge is -2.30. The number of anilines is 2. The monoisotopic (exact) mass is 306 g/mol. The average Bonchev–Trinajstić information content (AvgIpc) is 3.03. The van der Waals surface area contributed by atoms with E-state index in [9.17, 15) is 4.79 Å². The quantitative estimate of drug-likeness (QED) is 0.947. The van der Waals surface area contributed by atoms with Crippen LogP contribution in [0.25, 0.3) is 0 Å². The van der Waals surface area contributed by atoms with E-state index in [1.165, 1.54) is 12.5 Å². The number of nitrogens with one attached hydrogen (secondary N) is 1. The number of rotatable bonds is 3. The molecule has 110 valence electrons. The summed E-state index contributed by atoms with van der Waals surface area (Å²) in [5.74, 6) is -0.222. The Morgan fingerprint density at radius 1 is 1.24 bits per heavy atom. The van der Waals surface area contributed by atoms with Crippen LogP contribution in [0.3, 0.4) is 0 Å². The van der Waals surface area contributed by atoms with E-state index in [4.69, 9.17) is 20.8 Å². The summed E-state index contributed by atoms with van der Waals surface area (Å²) >= 11 is 6.05. The number of ether oxygens (including phenoxy) is 1. The second kappa shape index (κ2) is 6.20. The van der Waals surface area contributed by atoms with Crippen LogP contribution in [0.5, 0.6) is 0 Å². The van der Waals surface area contributed by atoms with Crippen molar-refractivity contribution < 1.29 is 13.9 Å². The summed E-state index contributed by atoms with van der Waals surface area (Å²) in [5.41, 5.74) is 2.11. The SMILES string of the molecule is O=C(Nc1cc(Cl)ccc1N1CCOCC1)c1ccoc1. The molecule has 1 aromatic carbocycles. The smallest absolute Gasteiger partial charge is 0.258 e. The summed E-state index contributed by atoms with van der Waals surface area (Å²) in [7, 11) is 0. The summed E-state index contributed by atoms with van der Waals surface area (Å²) < 4.78 is 10.3. The molecule has 2 aromatic rings. The zero-order valence-corrected chi connectivity index (χ0v) is 12.1. The highest BCUT2D eigenvalue weighted by atomic mass is 35.5. The molecule has 3 rings (SSSR count). The largest absolute Gasteiger partial charge is 0.472 e. The second-order valence-corrected chi connectivity index (χ2v) is 5.16. The highest BCUT2D eigenvalue weighted by Gasteiger charge is 2.17. The Hall–Kier alpha value is -1.98. The van der Waals surface area contributed by atoms with Crippen molar-refractivity contribution in [2.45, 2.75) is 0 Å². The third-order valence-corrected chi connectivity index (χ3v) is 3.58. The zero-order valence-electron chi connectivity index (χ0n) is 11.3. The Bertz CT molecular complexity index is 622. The third kappa shape index (κ3) is 3.20. The number of carbonyl (C=O) groups excluding carboxylic acids is 1. The number of halogens is 1. The topological polar surface area (TPSA) is 54.7 Å². The molecule has 1 saturated heterocycles. The number of furan rings is 1. The second-order valence-electron chi connectivity index (χ2n) is 4.73. The Morgan fingerprint density at radius 3 is 2.76 bits per heavy atom. The Morgan fingerprint density at radius 2 is 2.05 bits per heavy atom. The highest BCUT2D eigenvalue weighted by Crippen LogP contribution is 2.30. The maximum absolute atomic E-state index is 12.2. The minimum Gasteiger partial charge on any atom is -0.472 e. The van der Waals surface area contributed by atoms with Crippen LogP contribution in [-0.2, 0) is 4.74 Å². The van der Waals surface area contributed by atoms with Crippen molar-refractivity contribution in [1.29, 1.82) is 0 Å². The van der Waals surface area contributed by atoms with Crippen molar-refractivity contribution in [2.24, 2.45) is 0 Å². The van der Waals surface area contributed by atoms with Gasteiger partial charge < -0.3 is 19.4 Å². The molecule has 1 aliphatic rings. The van der Waals surface area contributed by atoms with Gasteiger partial charge >= 0.3 is 0 Å². The number of hydrogen-bond donors (Lipinski definition) is 1. The van der Waals surface area contributed by atoms with Gasteiger partial charge in [-0.1, -0.05) is 11.6 Å². The van der Waals surface area contributed by atoms with E-state index in [1.807, 2.05) is 12.1 Å². The van der Waals surface area contributed by atoms with Gasteiger partial charge in [0.2, 0.25) is 0 Å². The molecule has 5 nitrogen and oxygen atoms in total. The Labute approximate surface area is 127 Å². The van der Waals surface area contributed by atoms with Gasteiger partial charge in [0.15, 0.2) is 0 Å². The molecule has 1 N–H and O–H groups in total. The van der Waals surface area contributed by atoms with E-state index in [0.29, 0.717) is 29.5 Å². The molecule has 0 saturated carbocycles. The first-order chi connectivity index (χ1) is 10.2. The van der Waals surface area contributed by atoms with Crippen LogP contribution in [0.4, 0.5) is 11.4 Å². The van der Waals surface area contributed by atoms with Gasteiger partial charge in [-0.3, -0.25) is 4.79 Å². The average molecular weight is 307 g/mol. The van der Waals surface area contributed by atoms with Gasteiger partial charge in [0.1, 0.15) is 6.26 Å². The fraction of sp³-hybridized carbons (Fsp3) is 0.267. The summed E-state index contributed by atoms with van der Waals surface area (Å²) in [6.45, 7) is 2.93. The van der Waals surface area contributed by atoms with Crippen LogP contribution in [0.2, 0.25) is 5.02 Å². The lowest BCUT2D eigenvalue weighted by atomic mass is 10.2. The minimum absolute atomic E-state index is 0.222. The summed E-state index contributed by atoms with van der Waals surface area (Å²) in [5, 5.41) is 3.46. The minimum atomic E-state index is -0.222. The summed E-state index contributed by atoms with van der Waals surface area (Å²) in [4.78, 5) is 14.3.